The summed E-state index contributed by atoms with van der Waals surface area (Å²) in [4.78, 5) is 0.191. The van der Waals surface area contributed by atoms with Gasteiger partial charge in [-0.15, -0.1) is 11.6 Å². The van der Waals surface area contributed by atoms with Crippen LogP contribution in [0.4, 0.5) is 0 Å². The van der Waals surface area contributed by atoms with Crippen molar-refractivity contribution in [3.05, 3.63) is 29.3 Å². The summed E-state index contributed by atoms with van der Waals surface area (Å²) in [5.74, 6) is 0. The predicted molar refractivity (Wildman–Crippen MR) is 80.4 cm³/mol. The first-order chi connectivity index (χ1) is 8.60. The third kappa shape index (κ3) is 6.13. The fourth-order valence-corrected chi connectivity index (χ4v) is 3.47. The highest BCUT2D eigenvalue weighted by atomic mass is 35.5. The van der Waals surface area contributed by atoms with E-state index in [1.54, 1.807) is 12.1 Å². The average Bonchev–Trinajstić information content (AvgIpc) is 2.25. The van der Waals surface area contributed by atoms with E-state index in [0.717, 1.165) is 6.42 Å². The zero-order valence-electron chi connectivity index (χ0n) is 11.3. The van der Waals surface area contributed by atoms with E-state index in [-0.39, 0.29) is 22.2 Å². The molecule has 0 fully saturated rings. The summed E-state index contributed by atoms with van der Waals surface area (Å²) < 4.78 is 26.5. The Balaban J connectivity index is 2.63. The van der Waals surface area contributed by atoms with E-state index in [4.69, 9.17) is 23.2 Å². The molecule has 0 amide bonds. The maximum absolute atomic E-state index is 12.0. The molecular formula is C13H19Cl2NO2S. The van der Waals surface area contributed by atoms with Gasteiger partial charge in [0, 0.05) is 16.9 Å². The van der Waals surface area contributed by atoms with Gasteiger partial charge < -0.3 is 0 Å². The molecule has 0 spiro atoms. The van der Waals surface area contributed by atoms with Crippen LogP contribution in [-0.2, 0) is 10.0 Å². The topological polar surface area (TPSA) is 46.2 Å². The Morgan fingerprint density at radius 1 is 1.21 bits per heavy atom. The summed E-state index contributed by atoms with van der Waals surface area (Å²) in [5, 5.41) is 0.268. The number of halogens is 2. The van der Waals surface area contributed by atoms with Gasteiger partial charge in [0.1, 0.15) is 0 Å². The SMILES string of the molecule is CC(C)(C)CC(Cl)CNS(=O)(=O)c1ccc(Cl)cc1. The molecule has 1 atom stereocenters. The van der Waals surface area contributed by atoms with Crippen molar-refractivity contribution < 1.29 is 8.42 Å². The van der Waals surface area contributed by atoms with Crippen LogP contribution < -0.4 is 4.72 Å². The Kier molecular flexibility index (Phi) is 5.68. The molecule has 1 N–H and O–H groups in total. The highest BCUT2D eigenvalue weighted by Gasteiger charge is 2.20. The maximum Gasteiger partial charge on any atom is 0.240 e. The van der Waals surface area contributed by atoms with E-state index in [9.17, 15) is 8.42 Å². The molecule has 0 bridgehead atoms. The van der Waals surface area contributed by atoms with Crippen LogP contribution in [0.25, 0.3) is 0 Å². The van der Waals surface area contributed by atoms with Crippen LogP contribution in [0, 0.1) is 5.41 Å². The smallest absolute Gasteiger partial charge is 0.210 e. The lowest BCUT2D eigenvalue weighted by Crippen LogP contribution is -2.31. The monoisotopic (exact) mass is 323 g/mol. The second-order valence-corrected chi connectivity index (χ2v) is 8.49. The molecule has 1 unspecified atom stereocenters. The van der Waals surface area contributed by atoms with Crippen molar-refractivity contribution in [2.75, 3.05) is 6.54 Å². The van der Waals surface area contributed by atoms with Gasteiger partial charge in [-0.2, -0.15) is 0 Å². The van der Waals surface area contributed by atoms with Crippen molar-refractivity contribution in [3.8, 4) is 0 Å². The van der Waals surface area contributed by atoms with Crippen molar-refractivity contribution in [2.45, 2.75) is 37.5 Å². The minimum absolute atomic E-state index is 0.0676. The zero-order chi connectivity index (χ0) is 14.7. The van der Waals surface area contributed by atoms with Gasteiger partial charge in [-0.3, -0.25) is 0 Å². The fourth-order valence-electron chi connectivity index (χ4n) is 1.63. The summed E-state index contributed by atoms with van der Waals surface area (Å²) >= 11 is 11.9. The molecule has 0 saturated heterocycles. The largest absolute Gasteiger partial charge is 0.240 e. The van der Waals surface area contributed by atoms with Crippen LogP contribution in [0.15, 0.2) is 29.2 Å². The second kappa shape index (κ2) is 6.44. The van der Waals surface area contributed by atoms with Gasteiger partial charge >= 0.3 is 0 Å². The van der Waals surface area contributed by atoms with Gasteiger partial charge in [0.2, 0.25) is 10.0 Å². The van der Waals surface area contributed by atoms with Crippen molar-refractivity contribution in [1.29, 1.82) is 0 Å². The molecule has 19 heavy (non-hydrogen) atoms. The lowest BCUT2D eigenvalue weighted by molar-refractivity contribution is 0.369. The molecule has 0 aliphatic carbocycles. The molecule has 0 aromatic heterocycles. The van der Waals surface area contributed by atoms with Gasteiger partial charge in [0.25, 0.3) is 0 Å². The van der Waals surface area contributed by atoms with Crippen molar-refractivity contribution in [2.24, 2.45) is 5.41 Å². The van der Waals surface area contributed by atoms with E-state index < -0.39 is 10.0 Å². The number of sulfonamides is 1. The Hall–Kier alpha value is -0.290. The lowest BCUT2D eigenvalue weighted by atomic mass is 9.90. The van der Waals surface area contributed by atoms with Crippen molar-refractivity contribution in [3.63, 3.8) is 0 Å². The summed E-state index contributed by atoms with van der Waals surface area (Å²) in [5.41, 5.74) is 0.0676. The van der Waals surface area contributed by atoms with Crippen LogP contribution >= 0.6 is 23.2 Å². The standard InChI is InChI=1S/C13H19Cl2NO2S/c1-13(2,3)8-11(15)9-16-19(17,18)12-6-4-10(14)5-7-12/h4-7,11,16H,8-9H2,1-3H3. The number of nitrogens with one attached hydrogen (secondary N) is 1. The number of hydrogen-bond donors (Lipinski definition) is 1. The number of rotatable bonds is 5. The molecule has 0 aliphatic rings. The zero-order valence-corrected chi connectivity index (χ0v) is 13.6. The molecule has 3 nitrogen and oxygen atoms in total. The van der Waals surface area contributed by atoms with Crippen molar-refractivity contribution in [1.82, 2.24) is 4.72 Å². The normalized spacial score (nSPS) is 14.4. The lowest BCUT2D eigenvalue weighted by Gasteiger charge is -2.21. The molecule has 0 aliphatic heterocycles. The Labute approximate surface area is 125 Å². The highest BCUT2D eigenvalue weighted by Crippen LogP contribution is 2.23. The van der Waals surface area contributed by atoms with Gasteiger partial charge in [0.05, 0.1) is 4.90 Å². The third-order valence-electron chi connectivity index (χ3n) is 2.45. The molecule has 1 aromatic rings. The summed E-state index contributed by atoms with van der Waals surface area (Å²) in [6, 6.07) is 6.03. The van der Waals surface area contributed by atoms with E-state index >= 15 is 0 Å². The minimum Gasteiger partial charge on any atom is -0.210 e. The minimum atomic E-state index is -3.52. The highest BCUT2D eigenvalue weighted by molar-refractivity contribution is 7.89. The Morgan fingerprint density at radius 3 is 2.21 bits per heavy atom. The van der Waals surface area contributed by atoms with Crippen LogP contribution in [0.2, 0.25) is 5.02 Å². The second-order valence-electron chi connectivity index (χ2n) is 5.67. The van der Waals surface area contributed by atoms with Crippen LogP contribution in [0.1, 0.15) is 27.2 Å². The predicted octanol–water partition coefficient (Wildman–Crippen LogP) is 3.66. The van der Waals surface area contributed by atoms with Crippen LogP contribution in [-0.4, -0.2) is 20.3 Å². The number of alkyl halides is 1. The van der Waals surface area contributed by atoms with E-state index in [1.165, 1.54) is 12.1 Å². The molecule has 0 heterocycles. The van der Waals surface area contributed by atoms with Crippen LogP contribution in [0.3, 0.4) is 0 Å². The number of hydrogen-bond acceptors (Lipinski definition) is 2. The van der Waals surface area contributed by atoms with Gasteiger partial charge in [-0.1, -0.05) is 32.4 Å². The molecule has 1 aromatic carbocycles. The summed E-state index contributed by atoms with van der Waals surface area (Å²) in [6.07, 6.45) is 0.734. The van der Waals surface area contributed by atoms with Gasteiger partial charge in [-0.25, -0.2) is 13.1 Å². The van der Waals surface area contributed by atoms with Gasteiger partial charge in [0.15, 0.2) is 0 Å². The van der Waals surface area contributed by atoms with E-state index in [0.29, 0.717) is 5.02 Å². The molecule has 108 valence electrons. The fraction of sp³-hybridized carbons (Fsp3) is 0.538. The molecule has 1 rings (SSSR count). The molecule has 0 saturated carbocycles. The first kappa shape index (κ1) is 16.8. The summed E-state index contributed by atoms with van der Waals surface area (Å²) in [6.45, 7) is 6.41. The van der Waals surface area contributed by atoms with Gasteiger partial charge in [-0.05, 0) is 36.1 Å². The van der Waals surface area contributed by atoms with Crippen molar-refractivity contribution >= 4 is 33.2 Å². The maximum atomic E-state index is 12.0. The average molecular weight is 324 g/mol. The van der Waals surface area contributed by atoms with E-state index in [1.807, 2.05) is 0 Å². The number of benzene rings is 1. The molecule has 0 radical (unpaired) electrons. The quantitative estimate of drug-likeness (QED) is 0.840. The first-order valence-electron chi connectivity index (χ1n) is 5.99. The van der Waals surface area contributed by atoms with E-state index in [2.05, 4.69) is 25.5 Å². The van der Waals surface area contributed by atoms with Crippen LogP contribution in [0.5, 0.6) is 0 Å². The first-order valence-corrected chi connectivity index (χ1v) is 8.29. The molecular weight excluding hydrogens is 305 g/mol. The Morgan fingerprint density at radius 2 is 1.74 bits per heavy atom. The summed E-state index contributed by atoms with van der Waals surface area (Å²) in [7, 11) is -3.52. The third-order valence-corrected chi connectivity index (χ3v) is 4.45. The Bertz CT molecular complexity index is 506. The molecule has 6 heteroatoms.